The molecule has 4 nitrogen and oxygen atoms in total. The number of unbranched alkanes of at least 4 members (excludes halogenated alkanes) is 20. The molecule has 48 heavy (non-hydrogen) atoms. The third kappa shape index (κ3) is 38.3. The van der Waals surface area contributed by atoms with Gasteiger partial charge in [0.05, 0.1) is 0 Å². The fourth-order valence-corrected chi connectivity index (χ4v) is 5.99. The molecule has 0 fully saturated rings. The number of allylic oxidation sites excluding steroid dienone is 8. The van der Waals surface area contributed by atoms with E-state index in [4.69, 9.17) is 9.84 Å². The molecular weight excluding hydrogens is 592 g/mol. The van der Waals surface area contributed by atoms with Crippen LogP contribution in [0.15, 0.2) is 48.6 Å². The van der Waals surface area contributed by atoms with Gasteiger partial charge in [-0.2, -0.15) is 0 Å². The third-order valence-corrected chi connectivity index (χ3v) is 9.05. The lowest BCUT2D eigenvalue weighted by atomic mass is 10.0. The van der Waals surface area contributed by atoms with Crippen molar-refractivity contribution >= 4 is 11.9 Å². The van der Waals surface area contributed by atoms with Crippen LogP contribution in [-0.2, 0) is 14.3 Å². The highest BCUT2D eigenvalue weighted by atomic mass is 16.5. The van der Waals surface area contributed by atoms with Gasteiger partial charge in [0, 0.05) is 12.8 Å². The maximum absolute atomic E-state index is 12.6. The molecule has 0 aromatic carbocycles. The van der Waals surface area contributed by atoms with E-state index in [1.165, 1.54) is 103 Å². The standard InChI is InChI=1S/C44H78O4/c1-3-5-7-9-10-11-12-13-14-15-16-17-18-19-20-21-22-27-30-33-37-41-44(47)48-42(38-34-8-6-4-2)39-35-31-28-25-23-24-26-29-32-36-40-43(45)46/h10-11,13-14,16-17,19-20,42H,3-9,12,15,18,21-41H2,1-2H3,(H,45,46)/b11-10-,14-13-,17-16-,20-19-. The SMILES string of the molecule is CCCCC/C=C\C/C=C\C/C=C\C/C=C\CCCCCCCC(=O)OC(CCCCCC)CCCCCCCCCCCCC(=O)O. The van der Waals surface area contributed by atoms with Gasteiger partial charge in [-0.3, -0.25) is 9.59 Å². The first-order valence-electron chi connectivity index (χ1n) is 20.6. The van der Waals surface area contributed by atoms with E-state index < -0.39 is 5.97 Å². The number of aliphatic carboxylic acids is 1. The largest absolute Gasteiger partial charge is 0.481 e. The van der Waals surface area contributed by atoms with Crippen molar-refractivity contribution in [1.82, 2.24) is 0 Å². The zero-order chi connectivity index (χ0) is 35.0. The monoisotopic (exact) mass is 671 g/mol. The molecule has 0 aromatic heterocycles. The summed E-state index contributed by atoms with van der Waals surface area (Å²) in [4.78, 5) is 23.2. The number of carboxylic acid groups (broad SMARTS) is 1. The molecule has 0 saturated heterocycles. The first-order valence-corrected chi connectivity index (χ1v) is 20.6. The van der Waals surface area contributed by atoms with Crippen LogP contribution in [0.4, 0.5) is 0 Å². The lowest BCUT2D eigenvalue weighted by Crippen LogP contribution is -2.18. The van der Waals surface area contributed by atoms with Crippen molar-refractivity contribution in [3.63, 3.8) is 0 Å². The first-order chi connectivity index (χ1) is 23.6. The number of ether oxygens (including phenoxy) is 1. The second kappa shape index (κ2) is 39.3. The molecule has 0 radical (unpaired) electrons. The summed E-state index contributed by atoms with van der Waals surface area (Å²) in [5.41, 5.74) is 0. The Kier molecular flexibility index (Phi) is 37.6. The lowest BCUT2D eigenvalue weighted by molar-refractivity contribution is -0.150. The van der Waals surface area contributed by atoms with Gasteiger partial charge in [0.2, 0.25) is 0 Å². The Morgan fingerprint density at radius 1 is 0.458 bits per heavy atom. The Morgan fingerprint density at radius 2 is 0.812 bits per heavy atom. The van der Waals surface area contributed by atoms with E-state index in [2.05, 4.69) is 62.5 Å². The van der Waals surface area contributed by atoms with Gasteiger partial charge in [-0.05, 0) is 83.5 Å². The number of carbonyl (C=O) groups excluding carboxylic acids is 1. The van der Waals surface area contributed by atoms with Crippen LogP contribution in [0, 0.1) is 0 Å². The average molecular weight is 671 g/mol. The van der Waals surface area contributed by atoms with Crippen molar-refractivity contribution < 1.29 is 19.4 Å². The second-order valence-corrected chi connectivity index (χ2v) is 13.8. The molecule has 0 heterocycles. The minimum absolute atomic E-state index is 0.0139. The predicted molar refractivity (Wildman–Crippen MR) is 209 cm³/mol. The van der Waals surface area contributed by atoms with Crippen LogP contribution >= 0.6 is 0 Å². The molecule has 0 aliphatic heterocycles. The molecule has 0 aliphatic rings. The summed E-state index contributed by atoms with van der Waals surface area (Å²) in [7, 11) is 0. The predicted octanol–water partition coefficient (Wildman–Crippen LogP) is 14.3. The minimum Gasteiger partial charge on any atom is -0.481 e. The Balaban J connectivity index is 3.84. The number of hydrogen-bond acceptors (Lipinski definition) is 3. The van der Waals surface area contributed by atoms with Crippen molar-refractivity contribution in [2.75, 3.05) is 0 Å². The molecule has 0 aliphatic carbocycles. The van der Waals surface area contributed by atoms with Crippen molar-refractivity contribution in [3.05, 3.63) is 48.6 Å². The molecule has 0 rings (SSSR count). The molecule has 0 saturated carbocycles. The second-order valence-electron chi connectivity index (χ2n) is 13.8. The summed E-state index contributed by atoms with van der Waals surface area (Å²) >= 11 is 0. The number of hydrogen-bond donors (Lipinski definition) is 1. The third-order valence-electron chi connectivity index (χ3n) is 9.05. The van der Waals surface area contributed by atoms with Crippen LogP contribution in [0.25, 0.3) is 0 Å². The van der Waals surface area contributed by atoms with Crippen molar-refractivity contribution in [2.24, 2.45) is 0 Å². The van der Waals surface area contributed by atoms with E-state index in [1.54, 1.807) is 0 Å². The Hall–Kier alpha value is -2.10. The number of carboxylic acids is 1. The normalized spacial score (nSPS) is 12.7. The topological polar surface area (TPSA) is 63.6 Å². The maximum Gasteiger partial charge on any atom is 0.306 e. The summed E-state index contributed by atoms with van der Waals surface area (Å²) in [6.07, 6.45) is 53.0. The van der Waals surface area contributed by atoms with E-state index >= 15 is 0 Å². The van der Waals surface area contributed by atoms with E-state index in [0.29, 0.717) is 12.8 Å². The zero-order valence-corrected chi connectivity index (χ0v) is 31.8. The van der Waals surface area contributed by atoms with Crippen LogP contribution in [0.2, 0.25) is 0 Å². The van der Waals surface area contributed by atoms with Crippen LogP contribution in [0.1, 0.15) is 213 Å². The summed E-state index contributed by atoms with van der Waals surface area (Å²) in [5.74, 6) is -0.663. The summed E-state index contributed by atoms with van der Waals surface area (Å²) in [6.45, 7) is 4.49. The average Bonchev–Trinajstić information content (AvgIpc) is 3.07. The van der Waals surface area contributed by atoms with Gasteiger partial charge in [-0.25, -0.2) is 0 Å². The highest BCUT2D eigenvalue weighted by Crippen LogP contribution is 2.18. The fourth-order valence-electron chi connectivity index (χ4n) is 5.99. The number of esters is 1. The first kappa shape index (κ1) is 45.9. The molecule has 1 atom stereocenters. The van der Waals surface area contributed by atoms with E-state index in [1.807, 2.05) is 0 Å². The van der Waals surface area contributed by atoms with Gasteiger partial charge in [0.1, 0.15) is 6.10 Å². The van der Waals surface area contributed by atoms with Crippen LogP contribution in [0.3, 0.4) is 0 Å². The highest BCUT2D eigenvalue weighted by molar-refractivity contribution is 5.69. The molecule has 1 unspecified atom stereocenters. The van der Waals surface area contributed by atoms with E-state index in [-0.39, 0.29) is 12.1 Å². The molecular formula is C44H78O4. The molecule has 0 aromatic rings. The zero-order valence-electron chi connectivity index (χ0n) is 31.8. The minimum atomic E-state index is -0.677. The van der Waals surface area contributed by atoms with Gasteiger partial charge in [-0.15, -0.1) is 0 Å². The molecule has 0 amide bonds. The highest BCUT2D eigenvalue weighted by Gasteiger charge is 2.14. The van der Waals surface area contributed by atoms with Gasteiger partial charge >= 0.3 is 11.9 Å². The van der Waals surface area contributed by atoms with Gasteiger partial charge in [0.25, 0.3) is 0 Å². The Bertz CT molecular complexity index is 809. The Morgan fingerprint density at radius 3 is 1.29 bits per heavy atom. The van der Waals surface area contributed by atoms with Crippen molar-refractivity contribution in [2.45, 2.75) is 219 Å². The van der Waals surface area contributed by atoms with Gasteiger partial charge in [0.15, 0.2) is 0 Å². The van der Waals surface area contributed by atoms with Gasteiger partial charge < -0.3 is 9.84 Å². The summed E-state index contributed by atoms with van der Waals surface area (Å²) in [6, 6.07) is 0. The van der Waals surface area contributed by atoms with Crippen LogP contribution in [-0.4, -0.2) is 23.1 Å². The van der Waals surface area contributed by atoms with E-state index in [0.717, 1.165) is 83.5 Å². The molecule has 0 spiro atoms. The van der Waals surface area contributed by atoms with Crippen LogP contribution in [0.5, 0.6) is 0 Å². The fraction of sp³-hybridized carbons (Fsp3) is 0.773. The quantitative estimate of drug-likeness (QED) is 0.0406. The number of rotatable bonds is 37. The van der Waals surface area contributed by atoms with Gasteiger partial charge in [-0.1, -0.05) is 165 Å². The number of carbonyl (C=O) groups is 2. The Labute approximate surface area is 298 Å². The van der Waals surface area contributed by atoms with E-state index in [9.17, 15) is 9.59 Å². The molecule has 1 N–H and O–H groups in total. The van der Waals surface area contributed by atoms with Crippen molar-refractivity contribution in [1.29, 1.82) is 0 Å². The molecule has 278 valence electrons. The smallest absolute Gasteiger partial charge is 0.306 e. The maximum atomic E-state index is 12.6. The molecule has 0 bridgehead atoms. The molecule has 4 heteroatoms. The lowest BCUT2D eigenvalue weighted by Gasteiger charge is -2.18. The summed E-state index contributed by atoms with van der Waals surface area (Å²) in [5, 5.41) is 8.70. The summed E-state index contributed by atoms with van der Waals surface area (Å²) < 4.78 is 5.98. The van der Waals surface area contributed by atoms with Crippen molar-refractivity contribution in [3.8, 4) is 0 Å². The van der Waals surface area contributed by atoms with Crippen LogP contribution < -0.4 is 0 Å².